The summed E-state index contributed by atoms with van der Waals surface area (Å²) in [5, 5.41) is 20.4. The number of aromatic nitrogens is 1. The zero-order valence-corrected chi connectivity index (χ0v) is 16.5. The highest BCUT2D eigenvalue weighted by atomic mass is 32.1. The number of thiazole rings is 1. The third-order valence-corrected chi connectivity index (χ3v) is 4.67. The number of aliphatic imine (C=N–C) groups is 1. The van der Waals surface area contributed by atoms with Gasteiger partial charge in [-0.25, -0.2) is 9.98 Å². The summed E-state index contributed by atoms with van der Waals surface area (Å²) in [6, 6.07) is 1.87. The summed E-state index contributed by atoms with van der Waals surface area (Å²) >= 11 is 1.66. The molecule has 6 nitrogen and oxygen atoms in total. The summed E-state index contributed by atoms with van der Waals surface area (Å²) in [5.74, 6) is 2.21. The molecule has 0 aliphatic carbocycles. The zero-order valence-electron chi connectivity index (χ0n) is 15.6. The van der Waals surface area contributed by atoms with Crippen LogP contribution in [0, 0.1) is 20.8 Å². The third kappa shape index (κ3) is 5.57. The van der Waals surface area contributed by atoms with Gasteiger partial charge in [0.25, 0.3) is 0 Å². The van der Waals surface area contributed by atoms with Crippen molar-refractivity contribution < 1.29 is 9.52 Å². The Kier molecular flexibility index (Phi) is 6.61. The van der Waals surface area contributed by atoms with E-state index in [1.54, 1.807) is 18.3 Å². The van der Waals surface area contributed by atoms with Crippen molar-refractivity contribution in [2.45, 2.75) is 46.6 Å². The van der Waals surface area contributed by atoms with Crippen LogP contribution in [0.2, 0.25) is 0 Å². The molecule has 7 heteroatoms. The first kappa shape index (κ1) is 19.5. The Balaban J connectivity index is 1.96. The molecular formula is C18H28N4O2S. The van der Waals surface area contributed by atoms with Crippen molar-refractivity contribution in [2.24, 2.45) is 4.99 Å². The van der Waals surface area contributed by atoms with Gasteiger partial charge in [0.1, 0.15) is 17.1 Å². The van der Waals surface area contributed by atoms with Gasteiger partial charge in [-0.05, 0) is 40.7 Å². The fourth-order valence-corrected chi connectivity index (χ4v) is 3.30. The van der Waals surface area contributed by atoms with Gasteiger partial charge in [-0.1, -0.05) is 0 Å². The van der Waals surface area contributed by atoms with Crippen LogP contribution in [0.3, 0.4) is 0 Å². The van der Waals surface area contributed by atoms with Crippen molar-refractivity contribution in [1.29, 1.82) is 0 Å². The molecule has 0 bridgehead atoms. The molecule has 0 saturated carbocycles. The Hall–Kier alpha value is -1.86. The summed E-state index contributed by atoms with van der Waals surface area (Å²) in [5.41, 5.74) is 0.792. The number of nitrogens with one attached hydrogen (secondary N) is 2. The number of guanidine groups is 1. The second-order valence-corrected chi connectivity index (χ2v) is 7.39. The van der Waals surface area contributed by atoms with Gasteiger partial charge in [0.05, 0.1) is 17.2 Å². The average molecular weight is 365 g/mol. The minimum atomic E-state index is -1.07. The highest BCUT2D eigenvalue weighted by Gasteiger charge is 2.27. The maximum absolute atomic E-state index is 10.8. The van der Waals surface area contributed by atoms with Crippen LogP contribution in [-0.2, 0) is 12.0 Å². The molecule has 0 aliphatic heterocycles. The lowest BCUT2D eigenvalue weighted by Crippen LogP contribution is -2.39. The van der Waals surface area contributed by atoms with E-state index >= 15 is 0 Å². The van der Waals surface area contributed by atoms with Crippen LogP contribution in [0.4, 0.5) is 0 Å². The van der Waals surface area contributed by atoms with Gasteiger partial charge in [0.2, 0.25) is 0 Å². The van der Waals surface area contributed by atoms with E-state index < -0.39 is 5.60 Å². The summed E-state index contributed by atoms with van der Waals surface area (Å²) in [6.45, 7) is 11.3. The number of aliphatic hydroxyl groups is 1. The van der Waals surface area contributed by atoms with E-state index in [4.69, 9.17) is 4.42 Å². The lowest BCUT2D eigenvalue weighted by Gasteiger charge is -2.21. The number of furan rings is 1. The summed E-state index contributed by atoms with van der Waals surface area (Å²) in [7, 11) is 0. The van der Waals surface area contributed by atoms with Crippen molar-refractivity contribution in [1.82, 2.24) is 15.6 Å². The topological polar surface area (TPSA) is 82.7 Å². The minimum absolute atomic E-state index is 0.248. The molecule has 1 unspecified atom stereocenters. The average Bonchev–Trinajstić information content (AvgIpc) is 3.10. The minimum Gasteiger partial charge on any atom is -0.466 e. The summed E-state index contributed by atoms with van der Waals surface area (Å²) < 4.78 is 5.53. The molecule has 138 valence electrons. The van der Waals surface area contributed by atoms with Gasteiger partial charge >= 0.3 is 0 Å². The van der Waals surface area contributed by atoms with Gasteiger partial charge in [-0.2, -0.15) is 0 Å². The molecule has 2 heterocycles. The summed E-state index contributed by atoms with van der Waals surface area (Å²) in [6.07, 6.45) is 0.838. The normalized spacial score (nSPS) is 14.4. The Morgan fingerprint density at radius 3 is 2.68 bits per heavy atom. The fraction of sp³-hybridized carbons (Fsp3) is 0.556. The lowest BCUT2D eigenvalue weighted by molar-refractivity contribution is 0.0657. The monoisotopic (exact) mass is 364 g/mol. The van der Waals surface area contributed by atoms with Crippen LogP contribution < -0.4 is 10.6 Å². The molecule has 0 aliphatic rings. The van der Waals surface area contributed by atoms with Crippen LogP contribution in [0.5, 0.6) is 0 Å². The Bertz CT molecular complexity index is 718. The first-order valence-corrected chi connectivity index (χ1v) is 9.43. The second kappa shape index (κ2) is 8.49. The van der Waals surface area contributed by atoms with Crippen molar-refractivity contribution in [3.8, 4) is 0 Å². The van der Waals surface area contributed by atoms with Crippen LogP contribution in [0.25, 0.3) is 0 Å². The Labute approximate surface area is 153 Å². The SMILES string of the molecule is CCNC(=NCC(C)(O)c1cc(C)oc1C)NCCc1csc(C)n1. The van der Waals surface area contributed by atoms with Crippen molar-refractivity contribution in [2.75, 3.05) is 19.6 Å². The van der Waals surface area contributed by atoms with Crippen LogP contribution >= 0.6 is 11.3 Å². The van der Waals surface area contributed by atoms with Crippen LogP contribution in [0.1, 0.15) is 41.6 Å². The van der Waals surface area contributed by atoms with Gasteiger partial charge in [0, 0.05) is 30.5 Å². The Morgan fingerprint density at radius 1 is 1.36 bits per heavy atom. The zero-order chi connectivity index (χ0) is 18.4. The summed E-state index contributed by atoms with van der Waals surface area (Å²) in [4.78, 5) is 8.99. The largest absolute Gasteiger partial charge is 0.466 e. The molecule has 2 aromatic heterocycles. The maximum atomic E-state index is 10.8. The molecule has 0 spiro atoms. The predicted octanol–water partition coefficient (Wildman–Crippen LogP) is 2.67. The highest BCUT2D eigenvalue weighted by Crippen LogP contribution is 2.27. The lowest BCUT2D eigenvalue weighted by atomic mass is 9.96. The van der Waals surface area contributed by atoms with Crippen molar-refractivity contribution in [3.63, 3.8) is 0 Å². The predicted molar refractivity (Wildman–Crippen MR) is 102 cm³/mol. The number of hydrogen-bond acceptors (Lipinski definition) is 5. The van der Waals surface area contributed by atoms with Gasteiger partial charge in [0.15, 0.2) is 5.96 Å². The molecule has 2 aromatic rings. The van der Waals surface area contributed by atoms with E-state index in [1.807, 2.05) is 33.8 Å². The van der Waals surface area contributed by atoms with E-state index in [9.17, 15) is 5.11 Å². The molecule has 0 saturated heterocycles. The molecule has 25 heavy (non-hydrogen) atoms. The van der Waals surface area contributed by atoms with Crippen molar-refractivity contribution >= 4 is 17.3 Å². The maximum Gasteiger partial charge on any atom is 0.191 e. The third-order valence-electron chi connectivity index (χ3n) is 3.85. The number of aryl methyl sites for hydroxylation is 3. The molecule has 3 N–H and O–H groups in total. The molecule has 0 fully saturated rings. The second-order valence-electron chi connectivity index (χ2n) is 6.33. The van der Waals surface area contributed by atoms with Crippen LogP contribution in [0.15, 0.2) is 20.9 Å². The number of hydrogen-bond donors (Lipinski definition) is 3. The van der Waals surface area contributed by atoms with E-state index in [1.165, 1.54) is 0 Å². The first-order valence-electron chi connectivity index (χ1n) is 8.55. The van der Waals surface area contributed by atoms with Crippen molar-refractivity contribution in [3.05, 3.63) is 39.2 Å². The quantitative estimate of drug-likeness (QED) is 0.520. The van der Waals surface area contributed by atoms with Gasteiger partial charge < -0.3 is 20.2 Å². The Morgan fingerprint density at radius 2 is 2.12 bits per heavy atom. The first-order chi connectivity index (χ1) is 11.8. The van der Waals surface area contributed by atoms with E-state index in [0.29, 0.717) is 5.96 Å². The molecule has 2 rings (SSSR count). The molecule has 1 atom stereocenters. The fourth-order valence-electron chi connectivity index (χ4n) is 2.66. The molecule has 0 amide bonds. The van der Waals surface area contributed by atoms with Gasteiger partial charge in [-0.3, -0.25) is 0 Å². The molecular weight excluding hydrogens is 336 g/mol. The molecule has 0 aromatic carbocycles. The standard InChI is InChI=1S/C18H28N4O2S/c1-6-19-17(20-8-7-15-10-25-14(4)22-15)21-11-18(5,23)16-9-12(2)24-13(16)3/h9-10,23H,6-8,11H2,1-5H3,(H2,19,20,21). The van der Waals surface area contributed by atoms with Crippen LogP contribution in [-0.4, -0.2) is 35.7 Å². The van der Waals surface area contributed by atoms with E-state index in [0.717, 1.165) is 47.3 Å². The number of nitrogens with zero attached hydrogens (tertiary/aromatic N) is 2. The van der Waals surface area contributed by atoms with E-state index in [2.05, 4.69) is 26.0 Å². The van der Waals surface area contributed by atoms with E-state index in [-0.39, 0.29) is 6.54 Å². The van der Waals surface area contributed by atoms with Gasteiger partial charge in [-0.15, -0.1) is 11.3 Å². The molecule has 0 radical (unpaired) electrons. The smallest absolute Gasteiger partial charge is 0.191 e. The highest BCUT2D eigenvalue weighted by molar-refractivity contribution is 7.09. The number of rotatable bonds is 7.